The van der Waals surface area contributed by atoms with Crippen LogP contribution in [0.3, 0.4) is 0 Å². The number of nitrogens with zero attached hydrogens (tertiary/aromatic N) is 2. The van der Waals surface area contributed by atoms with Crippen molar-refractivity contribution in [2.75, 3.05) is 13.1 Å². The zero-order valence-electron chi connectivity index (χ0n) is 11.7. The molecular formula is C14H18N4O3. The number of carbonyl (C=O) groups is 2. The van der Waals surface area contributed by atoms with Crippen LogP contribution < -0.4 is 11.1 Å². The van der Waals surface area contributed by atoms with E-state index < -0.39 is 6.04 Å². The molecule has 1 atom stereocenters. The number of hydrogen-bond donors (Lipinski definition) is 3. The molecule has 0 aromatic heterocycles. The molecule has 1 aromatic rings. The van der Waals surface area contributed by atoms with Gasteiger partial charge < -0.3 is 21.2 Å². The summed E-state index contributed by atoms with van der Waals surface area (Å²) in [7, 11) is 0. The first kappa shape index (κ1) is 14.8. The monoisotopic (exact) mass is 290 g/mol. The van der Waals surface area contributed by atoms with Gasteiger partial charge in [-0.25, -0.2) is 0 Å². The highest BCUT2D eigenvalue weighted by Gasteiger charge is 2.28. The zero-order valence-corrected chi connectivity index (χ0v) is 11.7. The summed E-state index contributed by atoms with van der Waals surface area (Å²) in [6.45, 7) is 2.72. The maximum absolute atomic E-state index is 12.3. The molecule has 0 saturated carbocycles. The maximum Gasteiger partial charge on any atom is 0.242 e. The lowest BCUT2D eigenvalue weighted by Gasteiger charge is -2.32. The van der Waals surface area contributed by atoms with E-state index in [-0.39, 0.29) is 24.1 Å². The van der Waals surface area contributed by atoms with Crippen LogP contribution in [0.15, 0.2) is 29.4 Å². The van der Waals surface area contributed by atoms with Gasteiger partial charge in [0.15, 0.2) is 5.84 Å². The fourth-order valence-corrected chi connectivity index (χ4v) is 2.25. The van der Waals surface area contributed by atoms with Gasteiger partial charge in [-0.3, -0.25) is 9.59 Å². The minimum Gasteiger partial charge on any atom is -0.409 e. The van der Waals surface area contributed by atoms with E-state index in [1.807, 2.05) is 0 Å². The molecule has 2 rings (SSSR count). The first-order valence-electron chi connectivity index (χ1n) is 6.67. The number of hydrogen-bond acceptors (Lipinski definition) is 4. The van der Waals surface area contributed by atoms with Crippen LogP contribution in [-0.4, -0.2) is 46.9 Å². The van der Waals surface area contributed by atoms with Crippen molar-refractivity contribution in [1.82, 2.24) is 10.2 Å². The van der Waals surface area contributed by atoms with E-state index in [2.05, 4.69) is 10.5 Å². The number of amides is 2. The molecule has 1 aliphatic heterocycles. The molecule has 1 aromatic carbocycles. The summed E-state index contributed by atoms with van der Waals surface area (Å²) in [5.74, 6) is -0.194. The number of nitrogens with two attached hydrogens (primary N) is 1. The summed E-state index contributed by atoms with van der Waals surface area (Å²) >= 11 is 0. The van der Waals surface area contributed by atoms with E-state index >= 15 is 0 Å². The van der Waals surface area contributed by atoms with Crippen molar-refractivity contribution in [2.45, 2.75) is 19.4 Å². The van der Waals surface area contributed by atoms with Crippen molar-refractivity contribution in [3.05, 3.63) is 35.4 Å². The molecule has 1 saturated heterocycles. The normalized spacial score (nSPS) is 19.3. The van der Waals surface area contributed by atoms with Crippen LogP contribution in [-0.2, 0) is 16.0 Å². The Morgan fingerprint density at radius 3 is 2.76 bits per heavy atom. The Hall–Kier alpha value is -2.57. The van der Waals surface area contributed by atoms with Gasteiger partial charge in [0, 0.05) is 18.7 Å². The molecule has 0 spiro atoms. The summed E-state index contributed by atoms with van der Waals surface area (Å²) in [5, 5.41) is 14.2. The smallest absolute Gasteiger partial charge is 0.242 e. The number of rotatable bonds is 3. The third kappa shape index (κ3) is 3.31. The average Bonchev–Trinajstić information content (AvgIpc) is 2.50. The molecule has 1 aliphatic rings. The molecular weight excluding hydrogens is 272 g/mol. The molecule has 1 heterocycles. The van der Waals surface area contributed by atoms with Crippen LogP contribution in [0.5, 0.6) is 0 Å². The number of piperazine rings is 1. The van der Waals surface area contributed by atoms with E-state index in [1.165, 1.54) is 0 Å². The van der Waals surface area contributed by atoms with Gasteiger partial charge in [-0.15, -0.1) is 0 Å². The van der Waals surface area contributed by atoms with E-state index in [9.17, 15) is 9.59 Å². The molecule has 1 unspecified atom stereocenters. The number of carbonyl (C=O) groups excluding carboxylic acids is 2. The molecule has 0 bridgehead atoms. The quantitative estimate of drug-likeness (QED) is 0.306. The van der Waals surface area contributed by atoms with Crippen molar-refractivity contribution in [1.29, 1.82) is 0 Å². The van der Waals surface area contributed by atoms with E-state index in [0.717, 1.165) is 5.56 Å². The second kappa shape index (κ2) is 6.25. The van der Waals surface area contributed by atoms with Crippen molar-refractivity contribution in [3.63, 3.8) is 0 Å². The minimum absolute atomic E-state index is 0.0224. The van der Waals surface area contributed by atoms with E-state index in [4.69, 9.17) is 10.9 Å². The van der Waals surface area contributed by atoms with Gasteiger partial charge in [0.25, 0.3) is 0 Å². The second-order valence-corrected chi connectivity index (χ2v) is 4.91. The number of amidine groups is 1. The summed E-state index contributed by atoms with van der Waals surface area (Å²) in [5.41, 5.74) is 6.87. The fourth-order valence-electron chi connectivity index (χ4n) is 2.25. The summed E-state index contributed by atoms with van der Waals surface area (Å²) < 4.78 is 0. The van der Waals surface area contributed by atoms with Crippen molar-refractivity contribution in [2.24, 2.45) is 10.9 Å². The predicted octanol–water partition coefficient (Wildman–Crippen LogP) is -0.329. The number of nitrogens with one attached hydrogen (secondary N) is 1. The van der Waals surface area contributed by atoms with Crippen LogP contribution >= 0.6 is 0 Å². The molecule has 1 fully saturated rings. The van der Waals surface area contributed by atoms with Crippen LogP contribution in [0.25, 0.3) is 0 Å². The SMILES string of the molecule is CC1C(=O)NCCN1C(=O)Cc1ccc(C(N)=NO)cc1. The highest BCUT2D eigenvalue weighted by atomic mass is 16.4. The Labute approximate surface area is 122 Å². The van der Waals surface area contributed by atoms with Gasteiger partial charge >= 0.3 is 0 Å². The van der Waals surface area contributed by atoms with Crippen LogP contribution in [0, 0.1) is 0 Å². The van der Waals surface area contributed by atoms with Gasteiger partial charge in [-0.2, -0.15) is 0 Å². The lowest BCUT2D eigenvalue weighted by Crippen LogP contribution is -2.56. The molecule has 0 radical (unpaired) electrons. The Morgan fingerprint density at radius 1 is 1.48 bits per heavy atom. The van der Waals surface area contributed by atoms with Gasteiger partial charge in [0.05, 0.1) is 6.42 Å². The maximum atomic E-state index is 12.3. The lowest BCUT2D eigenvalue weighted by molar-refractivity contribution is -0.142. The van der Waals surface area contributed by atoms with Gasteiger partial charge in [-0.1, -0.05) is 29.4 Å². The molecule has 112 valence electrons. The molecule has 4 N–H and O–H groups in total. The van der Waals surface area contributed by atoms with E-state index in [1.54, 1.807) is 36.1 Å². The molecule has 7 nitrogen and oxygen atoms in total. The Balaban J connectivity index is 2.04. The standard InChI is InChI=1S/C14H18N4O3/c1-9-14(20)16-6-7-18(9)12(19)8-10-2-4-11(5-3-10)13(15)17-21/h2-5,9,21H,6-8H2,1H3,(H2,15,17)(H,16,20). The van der Waals surface area contributed by atoms with Gasteiger partial charge in [-0.05, 0) is 12.5 Å². The summed E-state index contributed by atoms with van der Waals surface area (Å²) in [4.78, 5) is 25.4. The Kier molecular flexibility index (Phi) is 4.42. The van der Waals surface area contributed by atoms with Gasteiger partial charge in [0.1, 0.15) is 6.04 Å². The summed E-state index contributed by atoms with van der Waals surface area (Å²) in [6, 6.07) is 6.43. The predicted molar refractivity (Wildman–Crippen MR) is 76.8 cm³/mol. The highest BCUT2D eigenvalue weighted by molar-refractivity contribution is 5.97. The van der Waals surface area contributed by atoms with Crippen molar-refractivity contribution in [3.8, 4) is 0 Å². The second-order valence-electron chi connectivity index (χ2n) is 4.91. The van der Waals surface area contributed by atoms with Crippen LogP contribution in [0.4, 0.5) is 0 Å². The summed E-state index contributed by atoms with van der Waals surface area (Å²) in [6.07, 6.45) is 0.216. The van der Waals surface area contributed by atoms with Crippen molar-refractivity contribution >= 4 is 17.6 Å². The van der Waals surface area contributed by atoms with E-state index in [0.29, 0.717) is 18.7 Å². The first-order valence-corrected chi connectivity index (χ1v) is 6.67. The number of oxime groups is 1. The first-order chi connectivity index (χ1) is 10.0. The molecule has 2 amide bonds. The average molecular weight is 290 g/mol. The zero-order chi connectivity index (χ0) is 15.4. The van der Waals surface area contributed by atoms with Crippen LogP contribution in [0.1, 0.15) is 18.1 Å². The highest BCUT2D eigenvalue weighted by Crippen LogP contribution is 2.10. The van der Waals surface area contributed by atoms with Gasteiger partial charge in [0.2, 0.25) is 11.8 Å². The third-order valence-electron chi connectivity index (χ3n) is 3.53. The molecule has 21 heavy (non-hydrogen) atoms. The number of benzene rings is 1. The Bertz CT molecular complexity index is 568. The molecule has 7 heteroatoms. The Morgan fingerprint density at radius 2 is 2.14 bits per heavy atom. The minimum atomic E-state index is -0.442. The fraction of sp³-hybridized carbons (Fsp3) is 0.357. The lowest BCUT2D eigenvalue weighted by atomic mass is 10.1. The third-order valence-corrected chi connectivity index (χ3v) is 3.53. The van der Waals surface area contributed by atoms with Crippen LogP contribution in [0.2, 0.25) is 0 Å². The largest absolute Gasteiger partial charge is 0.409 e. The van der Waals surface area contributed by atoms with Crippen molar-refractivity contribution < 1.29 is 14.8 Å². The topological polar surface area (TPSA) is 108 Å². The molecule has 0 aliphatic carbocycles.